The van der Waals surface area contributed by atoms with Crippen molar-refractivity contribution in [2.75, 3.05) is 24.2 Å². The summed E-state index contributed by atoms with van der Waals surface area (Å²) >= 11 is 0. The summed E-state index contributed by atoms with van der Waals surface area (Å²) in [6.45, 7) is 2.24. The van der Waals surface area contributed by atoms with Crippen LogP contribution in [-0.2, 0) is 7.05 Å². The molecular weight excluding hydrogens is 426 g/mol. The van der Waals surface area contributed by atoms with Gasteiger partial charge in [0.2, 0.25) is 0 Å². The van der Waals surface area contributed by atoms with Gasteiger partial charge in [-0.3, -0.25) is 4.90 Å². The number of carbonyl (C=O) groups excluding carboxylic acids is 1. The number of halogens is 2. The quantitative estimate of drug-likeness (QED) is 0.503. The Morgan fingerprint density at radius 3 is 2.45 bits per heavy atom. The van der Waals surface area contributed by atoms with E-state index in [0.717, 1.165) is 33.8 Å². The number of amides is 2. The summed E-state index contributed by atoms with van der Waals surface area (Å²) < 4.78 is 29.4. The van der Waals surface area contributed by atoms with Crippen LogP contribution in [0.5, 0.6) is 0 Å². The molecule has 1 unspecified atom stereocenters. The molecule has 0 spiro atoms. The van der Waals surface area contributed by atoms with Gasteiger partial charge in [-0.1, -0.05) is 6.07 Å². The fraction of sp³-hybridized carbons (Fsp3) is 0.208. The lowest BCUT2D eigenvalue weighted by Crippen LogP contribution is -2.29. The van der Waals surface area contributed by atoms with Crippen LogP contribution < -0.4 is 10.6 Å². The number of aryl methyl sites for hydroxylation is 2. The van der Waals surface area contributed by atoms with Gasteiger partial charge in [-0.25, -0.2) is 23.5 Å². The van der Waals surface area contributed by atoms with Gasteiger partial charge in [0.1, 0.15) is 29.4 Å². The normalized spacial score (nSPS) is 16.3. The smallest absolute Gasteiger partial charge is 0.324 e. The fourth-order valence-corrected chi connectivity index (χ4v) is 4.57. The number of rotatable bonds is 3. The summed E-state index contributed by atoms with van der Waals surface area (Å²) in [4.78, 5) is 24.5. The van der Waals surface area contributed by atoms with Gasteiger partial charge in [0.25, 0.3) is 0 Å². The van der Waals surface area contributed by atoms with Crippen molar-refractivity contribution >= 4 is 28.6 Å². The van der Waals surface area contributed by atoms with E-state index >= 15 is 0 Å². The Labute approximate surface area is 189 Å². The number of aromatic nitrogens is 3. The second kappa shape index (κ2) is 7.54. The minimum absolute atomic E-state index is 0.236. The standard InChI is InChI=1S/C24H22F2N6O/c1-13-6-17(4-5-18(13)19-10-30(2)23-21(19)22(27)28-12-29-23)32-11-20(31(3)24(32)33)14-7-15(25)9-16(26)8-14/h4-10,12,20H,11H2,1-3H3,(H2,27,28,29). The number of fused-ring (bicyclic) bond motifs is 1. The molecule has 9 heteroatoms. The zero-order valence-electron chi connectivity index (χ0n) is 18.4. The summed E-state index contributed by atoms with van der Waals surface area (Å²) in [6.07, 6.45) is 3.40. The van der Waals surface area contributed by atoms with Crippen LogP contribution >= 0.6 is 0 Å². The monoisotopic (exact) mass is 448 g/mol. The molecule has 0 saturated carbocycles. The third-order valence-corrected chi connectivity index (χ3v) is 6.22. The number of nitrogens with zero attached hydrogens (tertiary/aromatic N) is 5. The molecule has 0 bridgehead atoms. The van der Waals surface area contributed by atoms with E-state index in [1.807, 2.05) is 42.9 Å². The van der Waals surface area contributed by atoms with Crippen molar-refractivity contribution in [3.05, 3.63) is 71.7 Å². The maximum absolute atomic E-state index is 13.7. The van der Waals surface area contributed by atoms with Crippen molar-refractivity contribution in [1.29, 1.82) is 0 Å². The van der Waals surface area contributed by atoms with Gasteiger partial charge < -0.3 is 15.2 Å². The van der Waals surface area contributed by atoms with Gasteiger partial charge in [-0.2, -0.15) is 0 Å². The molecular formula is C24H22F2N6O. The van der Waals surface area contributed by atoms with Gasteiger partial charge in [0.15, 0.2) is 0 Å². The van der Waals surface area contributed by atoms with Crippen molar-refractivity contribution in [2.24, 2.45) is 7.05 Å². The van der Waals surface area contributed by atoms with Crippen LogP contribution in [-0.4, -0.2) is 39.1 Å². The summed E-state index contributed by atoms with van der Waals surface area (Å²) in [5.74, 6) is -0.925. The SMILES string of the molecule is Cc1cc(N2CC(c3cc(F)cc(F)c3)N(C)C2=O)ccc1-c1cn(C)c2ncnc(N)c12. The van der Waals surface area contributed by atoms with Crippen LogP contribution in [0.3, 0.4) is 0 Å². The van der Waals surface area contributed by atoms with Crippen LogP contribution in [0.25, 0.3) is 22.2 Å². The molecule has 2 N–H and O–H groups in total. The molecule has 2 amide bonds. The van der Waals surface area contributed by atoms with Gasteiger partial charge in [-0.15, -0.1) is 0 Å². The van der Waals surface area contributed by atoms with Crippen LogP contribution in [0, 0.1) is 18.6 Å². The largest absolute Gasteiger partial charge is 0.383 e. The number of urea groups is 1. The number of hydrogen-bond donors (Lipinski definition) is 1. The molecule has 0 aliphatic carbocycles. The summed E-state index contributed by atoms with van der Waals surface area (Å²) in [6, 6.07) is 8.39. The average molecular weight is 448 g/mol. The Hall–Kier alpha value is -4.01. The van der Waals surface area contributed by atoms with Crippen molar-refractivity contribution in [1.82, 2.24) is 19.4 Å². The first kappa shape index (κ1) is 20.9. The Morgan fingerprint density at radius 2 is 1.76 bits per heavy atom. The molecule has 4 aromatic rings. The van der Waals surface area contributed by atoms with E-state index in [4.69, 9.17) is 5.73 Å². The van der Waals surface area contributed by atoms with Gasteiger partial charge in [-0.05, 0) is 47.9 Å². The third kappa shape index (κ3) is 3.36. The highest BCUT2D eigenvalue weighted by Gasteiger charge is 2.37. The minimum atomic E-state index is -0.664. The molecule has 0 radical (unpaired) electrons. The molecule has 1 saturated heterocycles. The number of nitrogens with two attached hydrogens (primary N) is 1. The maximum Gasteiger partial charge on any atom is 0.324 e. The van der Waals surface area contributed by atoms with E-state index in [1.54, 1.807) is 11.9 Å². The molecule has 1 atom stereocenters. The highest BCUT2D eigenvalue weighted by molar-refractivity contribution is 6.02. The van der Waals surface area contributed by atoms with Crippen LogP contribution in [0.4, 0.5) is 25.1 Å². The van der Waals surface area contributed by atoms with E-state index in [9.17, 15) is 13.6 Å². The molecule has 1 fully saturated rings. The Bertz CT molecular complexity index is 1400. The van der Waals surface area contributed by atoms with Crippen molar-refractivity contribution < 1.29 is 13.6 Å². The molecule has 168 valence electrons. The third-order valence-electron chi connectivity index (χ3n) is 6.22. The minimum Gasteiger partial charge on any atom is -0.383 e. The maximum atomic E-state index is 13.7. The number of hydrogen-bond acceptors (Lipinski definition) is 4. The summed E-state index contributed by atoms with van der Waals surface area (Å²) in [7, 11) is 3.53. The first-order valence-corrected chi connectivity index (χ1v) is 10.4. The first-order chi connectivity index (χ1) is 15.7. The highest BCUT2D eigenvalue weighted by atomic mass is 19.1. The summed E-state index contributed by atoms with van der Waals surface area (Å²) in [5, 5.41) is 0.779. The van der Waals surface area contributed by atoms with E-state index in [2.05, 4.69) is 9.97 Å². The molecule has 3 heterocycles. The number of benzene rings is 2. The topological polar surface area (TPSA) is 80.3 Å². The molecule has 1 aliphatic heterocycles. The molecule has 2 aromatic heterocycles. The fourth-order valence-electron chi connectivity index (χ4n) is 4.57. The first-order valence-electron chi connectivity index (χ1n) is 10.4. The zero-order valence-corrected chi connectivity index (χ0v) is 18.4. The molecule has 5 rings (SSSR count). The number of nitrogen functional groups attached to an aromatic ring is 1. The van der Waals surface area contributed by atoms with Crippen LogP contribution in [0.1, 0.15) is 17.2 Å². The lowest BCUT2D eigenvalue weighted by Gasteiger charge is -2.18. The van der Waals surface area contributed by atoms with E-state index in [-0.39, 0.29) is 12.6 Å². The van der Waals surface area contributed by atoms with Gasteiger partial charge >= 0.3 is 6.03 Å². The predicted octanol–water partition coefficient (Wildman–Crippen LogP) is 4.42. The second-order valence-electron chi connectivity index (χ2n) is 8.33. The van der Waals surface area contributed by atoms with Crippen molar-refractivity contribution in [3.63, 3.8) is 0 Å². The van der Waals surface area contributed by atoms with Crippen molar-refractivity contribution in [3.8, 4) is 11.1 Å². The van der Waals surface area contributed by atoms with E-state index in [1.165, 1.54) is 23.4 Å². The van der Waals surface area contributed by atoms with Crippen LogP contribution in [0.2, 0.25) is 0 Å². The molecule has 1 aliphatic rings. The van der Waals surface area contributed by atoms with Gasteiger partial charge in [0.05, 0.1) is 18.0 Å². The molecule has 7 nitrogen and oxygen atoms in total. The zero-order chi connectivity index (χ0) is 23.4. The summed E-state index contributed by atoms with van der Waals surface area (Å²) in [5.41, 5.74) is 10.8. The molecule has 33 heavy (non-hydrogen) atoms. The van der Waals surface area contributed by atoms with E-state index < -0.39 is 17.7 Å². The highest BCUT2D eigenvalue weighted by Crippen LogP contribution is 2.37. The van der Waals surface area contributed by atoms with E-state index in [0.29, 0.717) is 17.1 Å². The number of anilines is 2. The molecule has 2 aromatic carbocycles. The second-order valence-corrected chi connectivity index (χ2v) is 8.33. The van der Waals surface area contributed by atoms with Crippen molar-refractivity contribution in [2.45, 2.75) is 13.0 Å². The lowest BCUT2D eigenvalue weighted by molar-refractivity contribution is 0.219. The Kier molecular flexibility index (Phi) is 4.77. The van der Waals surface area contributed by atoms with Gasteiger partial charge in [0, 0.05) is 37.6 Å². The number of likely N-dealkylation sites (N-methyl/N-ethyl adjacent to an activating group) is 1. The lowest BCUT2D eigenvalue weighted by atomic mass is 10.00. The predicted molar refractivity (Wildman–Crippen MR) is 123 cm³/mol. The Balaban J connectivity index is 1.51. The number of carbonyl (C=O) groups is 1. The average Bonchev–Trinajstić information content (AvgIpc) is 3.25. The Morgan fingerprint density at radius 1 is 1.03 bits per heavy atom. The van der Waals surface area contributed by atoms with Crippen LogP contribution in [0.15, 0.2) is 48.9 Å².